The highest BCUT2D eigenvalue weighted by Crippen LogP contribution is 2.32. The Morgan fingerprint density at radius 3 is 2.53 bits per heavy atom. The molecule has 1 fully saturated rings. The van der Waals surface area contributed by atoms with Gasteiger partial charge in [-0.05, 0) is 36.5 Å². The average Bonchev–Trinajstić information content (AvgIpc) is 2.37. The third-order valence-corrected chi connectivity index (χ3v) is 4.01. The molecule has 3 nitrogen and oxygen atoms in total. The lowest BCUT2D eigenvalue weighted by Crippen LogP contribution is -2.38. The van der Waals surface area contributed by atoms with E-state index in [2.05, 4.69) is 0 Å². The Balaban J connectivity index is 1.81. The molecule has 0 aliphatic heterocycles. The van der Waals surface area contributed by atoms with Crippen molar-refractivity contribution < 1.29 is 9.53 Å². The number of alkyl halides is 1. The van der Waals surface area contributed by atoms with Crippen molar-refractivity contribution in [1.29, 1.82) is 0 Å². The number of hydrogen-bond acceptors (Lipinski definition) is 2. The first-order valence-electron chi connectivity index (χ1n) is 6.59. The van der Waals surface area contributed by atoms with Gasteiger partial charge < -0.3 is 9.64 Å². The van der Waals surface area contributed by atoms with Crippen molar-refractivity contribution in [3.05, 3.63) is 29.8 Å². The Morgan fingerprint density at radius 1 is 1.37 bits per heavy atom. The maximum Gasteiger partial charge on any atom is 0.226 e. The SMILES string of the molecule is COc1ccc(CC(=O)N(C)CC2CC(Cl)C2)cc1. The number of carbonyl (C=O) groups is 1. The van der Waals surface area contributed by atoms with E-state index in [1.54, 1.807) is 7.11 Å². The standard InChI is InChI=1S/C15H20ClNO2/c1-17(10-12-7-13(16)8-12)15(18)9-11-3-5-14(19-2)6-4-11/h3-6,12-13H,7-10H2,1-2H3. The van der Waals surface area contributed by atoms with Crippen LogP contribution in [0.5, 0.6) is 5.75 Å². The molecule has 2 rings (SSSR count). The maximum absolute atomic E-state index is 12.1. The fourth-order valence-corrected chi connectivity index (χ4v) is 2.85. The molecule has 1 aliphatic rings. The van der Waals surface area contributed by atoms with Gasteiger partial charge in [-0.25, -0.2) is 0 Å². The molecule has 1 saturated carbocycles. The van der Waals surface area contributed by atoms with Crippen LogP contribution in [0.4, 0.5) is 0 Å². The topological polar surface area (TPSA) is 29.5 Å². The van der Waals surface area contributed by atoms with Gasteiger partial charge in [0.15, 0.2) is 0 Å². The summed E-state index contributed by atoms with van der Waals surface area (Å²) in [5.41, 5.74) is 1.02. The first-order valence-corrected chi connectivity index (χ1v) is 7.03. The lowest BCUT2D eigenvalue weighted by atomic mass is 9.84. The van der Waals surface area contributed by atoms with Crippen LogP contribution >= 0.6 is 11.6 Å². The predicted molar refractivity (Wildman–Crippen MR) is 76.7 cm³/mol. The van der Waals surface area contributed by atoms with E-state index in [-0.39, 0.29) is 5.91 Å². The largest absolute Gasteiger partial charge is 0.497 e. The van der Waals surface area contributed by atoms with Crippen LogP contribution < -0.4 is 4.74 Å². The summed E-state index contributed by atoms with van der Waals surface area (Å²) in [7, 11) is 3.50. The van der Waals surface area contributed by atoms with Crippen LogP contribution in [0.25, 0.3) is 0 Å². The summed E-state index contributed by atoms with van der Waals surface area (Å²) in [6, 6.07) is 7.63. The molecule has 104 valence electrons. The smallest absolute Gasteiger partial charge is 0.226 e. The van der Waals surface area contributed by atoms with Crippen molar-refractivity contribution in [3.8, 4) is 5.75 Å². The van der Waals surface area contributed by atoms with E-state index in [9.17, 15) is 4.79 Å². The van der Waals surface area contributed by atoms with Gasteiger partial charge in [0.1, 0.15) is 5.75 Å². The molecule has 0 radical (unpaired) electrons. The van der Waals surface area contributed by atoms with Gasteiger partial charge in [-0.3, -0.25) is 4.79 Å². The molecule has 0 saturated heterocycles. The van der Waals surface area contributed by atoms with Crippen molar-refractivity contribution in [2.24, 2.45) is 5.92 Å². The second kappa shape index (κ2) is 6.29. The zero-order valence-electron chi connectivity index (χ0n) is 11.4. The number of ether oxygens (including phenoxy) is 1. The number of carbonyl (C=O) groups excluding carboxylic acids is 1. The zero-order chi connectivity index (χ0) is 13.8. The molecule has 1 aliphatic carbocycles. The number of hydrogen-bond donors (Lipinski definition) is 0. The van der Waals surface area contributed by atoms with Crippen LogP contribution in [0.3, 0.4) is 0 Å². The van der Waals surface area contributed by atoms with Gasteiger partial charge in [0.2, 0.25) is 5.91 Å². The Bertz CT molecular complexity index is 426. The summed E-state index contributed by atoms with van der Waals surface area (Å²) in [6.45, 7) is 0.818. The number of nitrogens with zero attached hydrogens (tertiary/aromatic N) is 1. The third-order valence-electron chi connectivity index (χ3n) is 3.65. The molecule has 0 aromatic heterocycles. The number of amides is 1. The number of benzene rings is 1. The normalized spacial score (nSPS) is 21.6. The van der Waals surface area contributed by atoms with Crippen molar-refractivity contribution >= 4 is 17.5 Å². The molecule has 1 amide bonds. The predicted octanol–water partition coefficient (Wildman–Crippen LogP) is 2.71. The highest BCUT2D eigenvalue weighted by molar-refractivity contribution is 6.21. The molecule has 0 atom stereocenters. The Labute approximate surface area is 119 Å². The number of methoxy groups -OCH3 is 1. The summed E-state index contributed by atoms with van der Waals surface area (Å²) in [5.74, 6) is 1.54. The minimum Gasteiger partial charge on any atom is -0.497 e. The maximum atomic E-state index is 12.1. The fraction of sp³-hybridized carbons (Fsp3) is 0.533. The average molecular weight is 282 g/mol. The van der Waals surface area contributed by atoms with E-state index < -0.39 is 0 Å². The van der Waals surface area contributed by atoms with Crippen LogP contribution in [0.15, 0.2) is 24.3 Å². The molecule has 0 heterocycles. The van der Waals surface area contributed by atoms with Gasteiger partial charge in [-0.1, -0.05) is 12.1 Å². The van der Waals surface area contributed by atoms with Gasteiger partial charge in [0.05, 0.1) is 13.5 Å². The molecular weight excluding hydrogens is 262 g/mol. The van der Waals surface area contributed by atoms with Gasteiger partial charge in [0, 0.05) is 19.0 Å². The molecule has 0 N–H and O–H groups in total. The first-order chi connectivity index (χ1) is 9.08. The van der Waals surface area contributed by atoms with Crippen LogP contribution in [0.1, 0.15) is 18.4 Å². The number of likely N-dealkylation sites (N-methyl/N-ethyl adjacent to an activating group) is 1. The second-order valence-corrected chi connectivity index (χ2v) is 5.85. The molecular formula is C15H20ClNO2. The van der Waals surface area contributed by atoms with Gasteiger partial charge in [0.25, 0.3) is 0 Å². The molecule has 1 aromatic rings. The minimum absolute atomic E-state index is 0.156. The third kappa shape index (κ3) is 3.87. The quantitative estimate of drug-likeness (QED) is 0.777. The van der Waals surface area contributed by atoms with E-state index in [0.717, 1.165) is 30.7 Å². The van der Waals surface area contributed by atoms with Gasteiger partial charge >= 0.3 is 0 Å². The summed E-state index contributed by atoms with van der Waals surface area (Å²) in [4.78, 5) is 13.9. The van der Waals surface area contributed by atoms with Crippen LogP contribution in [0.2, 0.25) is 0 Å². The second-order valence-electron chi connectivity index (χ2n) is 5.23. The van der Waals surface area contributed by atoms with Crippen molar-refractivity contribution in [2.45, 2.75) is 24.6 Å². The van der Waals surface area contributed by atoms with Crippen LogP contribution in [-0.2, 0) is 11.2 Å². The van der Waals surface area contributed by atoms with E-state index in [1.807, 2.05) is 36.2 Å². The highest BCUT2D eigenvalue weighted by atomic mass is 35.5. The van der Waals surface area contributed by atoms with Crippen molar-refractivity contribution in [2.75, 3.05) is 20.7 Å². The lowest BCUT2D eigenvalue weighted by molar-refractivity contribution is -0.130. The molecule has 0 bridgehead atoms. The first kappa shape index (κ1) is 14.2. The molecule has 1 aromatic carbocycles. The van der Waals surface area contributed by atoms with Gasteiger partial charge in [-0.2, -0.15) is 0 Å². The summed E-state index contributed by atoms with van der Waals surface area (Å²) >= 11 is 5.95. The Kier molecular flexibility index (Phi) is 4.70. The molecule has 0 unspecified atom stereocenters. The van der Waals surface area contributed by atoms with Gasteiger partial charge in [-0.15, -0.1) is 11.6 Å². The Hall–Kier alpha value is -1.22. The molecule has 0 spiro atoms. The lowest BCUT2D eigenvalue weighted by Gasteiger charge is -2.34. The minimum atomic E-state index is 0.156. The van der Waals surface area contributed by atoms with Crippen molar-refractivity contribution in [3.63, 3.8) is 0 Å². The van der Waals surface area contributed by atoms with Crippen LogP contribution in [-0.4, -0.2) is 36.9 Å². The fourth-order valence-electron chi connectivity index (χ4n) is 2.35. The molecule has 4 heteroatoms. The van der Waals surface area contributed by atoms with E-state index in [4.69, 9.17) is 16.3 Å². The Morgan fingerprint density at radius 2 is 2.00 bits per heavy atom. The van der Waals surface area contributed by atoms with E-state index in [1.165, 1.54) is 0 Å². The monoisotopic (exact) mass is 281 g/mol. The number of halogens is 1. The summed E-state index contributed by atoms with van der Waals surface area (Å²) in [6.07, 6.45) is 2.50. The summed E-state index contributed by atoms with van der Waals surface area (Å²) in [5, 5.41) is 0.315. The molecule has 19 heavy (non-hydrogen) atoms. The van der Waals surface area contributed by atoms with E-state index >= 15 is 0 Å². The zero-order valence-corrected chi connectivity index (χ0v) is 12.2. The number of rotatable bonds is 5. The highest BCUT2D eigenvalue weighted by Gasteiger charge is 2.28. The van der Waals surface area contributed by atoms with Crippen LogP contribution in [0, 0.1) is 5.92 Å². The van der Waals surface area contributed by atoms with E-state index in [0.29, 0.717) is 17.7 Å². The summed E-state index contributed by atoms with van der Waals surface area (Å²) < 4.78 is 5.10. The van der Waals surface area contributed by atoms with Crippen molar-refractivity contribution in [1.82, 2.24) is 4.90 Å².